The number of morpholine rings is 1. The normalized spacial score (nSPS) is 27.0. The van der Waals surface area contributed by atoms with E-state index in [0.717, 1.165) is 43.3 Å². The lowest BCUT2D eigenvalue weighted by molar-refractivity contribution is -0.956. The number of unbranched alkanes of at least 4 members (excludes halogenated alkanes) is 6. The van der Waals surface area contributed by atoms with Crippen LogP contribution in [0.25, 0.3) is 0 Å². The molecular weight excluding hydrogens is 637 g/mol. The van der Waals surface area contributed by atoms with Crippen LogP contribution in [0.4, 0.5) is 0 Å². The van der Waals surface area contributed by atoms with Crippen LogP contribution in [0.3, 0.4) is 0 Å². The highest BCUT2D eigenvalue weighted by Crippen LogP contribution is 2.53. The number of phenols is 1. The van der Waals surface area contributed by atoms with Gasteiger partial charge in [-0.05, 0) is 66.4 Å². The van der Waals surface area contributed by atoms with Crippen molar-refractivity contribution in [2.75, 3.05) is 26.7 Å². The Hall–Kier alpha value is -2.35. The van der Waals surface area contributed by atoms with E-state index in [1.54, 1.807) is 24.3 Å². The number of epoxide rings is 1. The number of nitrogens with zero attached hydrogens (tertiary/aromatic N) is 1. The first-order valence-corrected chi connectivity index (χ1v) is 18.8. The minimum Gasteiger partial charge on any atom is -0.508 e. The summed E-state index contributed by atoms with van der Waals surface area (Å²) in [6.07, 6.45) is 9.44. The minimum atomic E-state index is -1.77. The Morgan fingerprint density at radius 3 is 2.21 bits per heavy atom. The zero-order chi connectivity index (χ0) is 33.0. The van der Waals surface area contributed by atoms with Crippen LogP contribution in [0.1, 0.15) is 84.8 Å². The summed E-state index contributed by atoms with van der Waals surface area (Å²) in [4.78, 5) is 14.8. The van der Waals surface area contributed by atoms with E-state index in [9.17, 15) is 25.2 Å². The van der Waals surface area contributed by atoms with Crippen LogP contribution in [-0.4, -0.2) is 88.0 Å². The van der Waals surface area contributed by atoms with Crippen molar-refractivity contribution in [2.45, 2.75) is 106 Å². The van der Waals surface area contributed by atoms with Crippen molar-refractivity contribution >= 4 is 28.6 Å². The number of rotatable bonds is 18. The minimum absolute atomic E-state index is 0.0424. The van der Waals surface area contributed by atoms with Crippen molar-refractivity contribution in [1.82, 2.24) is 5.32 Å². The summed E-state index contributed by atoms with van der Waals surface area (Å²) < 4.78 is 13.2. The van der Waals surface area contributed by atoms with Gasteiger partial charge in [0.05, 0.1) is 36.1 Å². The lowest BCUT2D eigenvalue weighted by Crippen LogP contribution is -2.63. The Balaban J connectivity index is 0.875. The van der Waals surface area contributed by atoms with Crippen molar-refractivity contribution in [2.24, 2.45) is 0 Å². The third-order valence-corrected chi connectivity index (χ3v) is 12.6. The second kappa shape index (κ2) is 15.0. The molecule has 2 bridgehead atoms. The molecule has 5 N–H and O–H groups in total. The smallest absolute Gasteiger partial charge is 0.349 e. The molecule has 9 nitrogen and oxygen atoms in total. The van der Waals surface area contributed by atoms with Gasteiger partial charge in [-0.1, -0.05) is 43.9 Å². The van der Waals surface area contributed by atoms with E-state index in [2.05, 4.69) is 12.4 Å². The third kappa shape index (κ3) is 7.33. The van der Waals surface area contributed by atoms with Gasteiger partial charge in [-0.15, -0.1) is 22.7 Å². The number of benzene rings is 1. The zero-order valence-corrected chi connectivity index (χ0v) is 28.8. The predicted octanol–water partition coefficient (Wildman–Crippen LogP) is 4.97. The summed E-state index contributed by atoms with van der Waals surface area (Å²) in [7, 11) is 2.37. The molecule has 0 spiro atoms. The van der Waals surface area contributed by atoms with Crippen LogP contribution in [0, 0.1) is 0 Å². The van der Waals surface area contributed by atoms with Crippen molar-refractivity contribution in [3.63, 3.8) is 0 Å². The van der Waals surface area contributed by atoms with Gasteiger partial charge in [-0.25, -0.2) is 4.79 Å². The Labute approximate surface area is 285 Å². The number of hydrogen-bond donors (Lipinski definition) is 5. The molecule has 1 aromatic carbocycles. The summed E-state index contributed by atoms with van der Waals surface area (Å²) in [6, 6.07) is 12.8. The number of aliphatic hydroxyl groups is 3. The number of likely N-dealkylation sites (N-methyl/N-ethyl adjacent to an activating group) is 1. The van der Waals surface area contributed by atoms with E-state index in [0.29, 0.717) is 39.5 Å². The van der Waals surface area contributed by atoms with Crippen LogP contribution >= 0.6 is 22.7 Å². The molecule has 5 atom stereocenters. The van der Waals surface area contributed by atoms with Gasteiger partial charge in [-0.3, -0.25) is 0 Å². The fraction of sp³-hybridized carbons (Fsp3) is 0.583. The number of nitrogens with one attached hydrogen (secondary N) is 1. The number of esters is 1. The first kappa shape index (κ1) is 34.5. The van der Waals surface area contributed by atoms with Crippen molar-refractivity contribution in [3.05, 3.63) is 74.1 Å². The Morgan fingerprint density at radius 2 is 1.62 bits per heavy atom. The molecule has 3 aliphatic rings. The van der Waals surface area contributed by atoms with Crippen molar-refractivity contribution in [3.8, 4) is 5.75 Å². The molecule has 47 heavy (non-hydrogen) atoms. The number of fused-ring (bicyclic) bond motifs is 5. The van der Waals surface area contributed by atoms with E-state index in [-0.39, 0.29) is 30.7 Å². The van der Waals surface area contributed by atoms with E-state index < -0.39 is 17.7 Å². The molecule has 0 saturated carbocycles. The molecule has 2 aromatic heterocycles. The Bertz CT molecular complexity index is 1400. The first-order chi connectivity index (χ1) is 22.8. The zero-order valence-electron chi connectivity index (χ0n) is 27.1. The van der Waals surface area contributed by atoms with E-state index in [1.807, 2.05) is 22.9 Å². The van der Waals surface area contributed by atoms with Gasteiger partial charge in [0.2, 0.25) is 5.60 Å². The number of carbonyl (C=O) groups excluding carboxylic acids is 1. The van der Waals surface area contributed by atoms with Crippen LogP contribution < -0.4 is 5.32 Å². The standard InChI is InChI=1S/C36H48N2O7S2/c1-38(16-8-6-4-2-3-5-7-15-37-22-30(41)24-13-14-29(40)25(19-24)23-39)27-20-26(21-28(38)34-33(27)45-34)44-35(42)36(43,31-11-9-17-46-31)32-12-10-18-47-32/h9-14,17-19,26-28,30,33-34,37,39,41,43H,2-8,15-16,20-23H2,1H3/p+1/t26?,27?,28?,30-,33?,34?,38?/m0/s1. The van der Waals surface area contributed by atoms with Crippen molar-refractivity contribution in [1.29, 1.82) is 0 Å². The molecule has 11 heteroatoms. The third-order valence-electron chi connectivity index (χ3n) is 10.7. The molecule has 3 saturated heterocycles. The average Bonchev–Trinajstić information content (AvgIpc) is 3.37. The van der Waals surface area contributed by atoms with Crippen LogP contribution in [0.2, 0.25) is 0 Å². The topological polar surface area (TPSA) is 132 Å². The fourth-order valence-electron chi connectivity index (χ4n) is 7.90. The number of carbonyl (C=O) groups is 1. The van der Waals surface area contributed by atoms with Crippen LogP contribution in [0.5, 0.6) is 5.75 Å². The van der Waals surface area contributed by atoms with E-state index in [4.69, 9.17) is 9.47 Å². The quantitative estimate of drug-likeness (QED) is 0.0550. The summed E-state index contributed by atoms with van der Waals surface area (Å²) >= 11 is 2.74. The first-order valence-electron chi connectivity index (χ1n) is 17.1. The van der Waals surface area contributed by atoms with Gasteiger partial charge in [-0.2, -0.15) is 0 Å². The monoisotopic (exact) mass is 685 g/mol. The number of quaternary nitrogens is 1. The number of thiophene rings is 2. The lowest BCUT2D eigenvalue weighted by atomic mass is 9.94. The molecule has 3 aliphatic heterocycles. The van der Waals surface area contributed by atoms with Gasteiger partial charge in [0.25, 0.3) is 0 Å². The highest BCUT2D eigenvalue weighted by atomic mass is 32.1. The van der Waals surface area contributed by atoms with E-state index in [1.165, 1.54) is 60.8 Å². The molecule has 3 fully saturated rings. The molecule has 0 amide bonds. The number of aromatic hydroxyl groups is 1. The molecule has 3 aromatic rings. The molecule has 6 rings (SSSR count). The van der Waals surface area contributed by atoms with Gasteiger partial charge in [0, 0.05) is 24.9 Å². The van der Waals surface area contributed by atoms with Crippen LogP contribution in [-0.2, 0) is 26.5 Å². The molecular formula is C36H49N2O7S2+. The molecule has 0 radical (unpaired) electrons. The highest BCUT2D eigenvalue weighted by Gasteiger charge is 2.72. The van der Waals surface area contributed by atoms with Gasteiger partial charge in [0.1, 0.15) is 36.1 Å². The number of hydrogen-bond acceptors (Lipinski definition) is 10. The predicted molar refractivity (Wildman–Crippen MR) is 182 cm³/mol. The van der Waals surface area contributed by atoms with Gasteiger partial charge in [0.15, 0.2) is 0 Å². The summed E-state index contributed by atoms with van der Waals surface area (Å²) in [5, 5.41) is 48.2. The molecule has 4 unspecified atom stereocenters. The maximum atomic E-state index is 13.6. The maximum absolute atomic E-state index is 13.6. The molecule has 0 aliphatic carbocycles. The summed E-state index contributed by atoms with van der Waals surface area (Å²) in [5.74, 6) is -0.530. The number of piperidine rings is 1. The summed E-state index contributed by atoms with van der Waals surface area (Å²) in [6.45, 7) is 2.15. The van der Waals surface area contributed by atoms with E-state index >= 15 is 0 Å². The Morgan fingerprint density at radius 1 is 1.00 bits per heavy atom. The second-order valence-electron chi connectivity index (χ2n) is 13.7. The Kier molecular flexibility index (Phi) is 11.0. The SMILES string of the molecule is C[N+]1(CCCCCCCCCNC[C@H](O)c2ccc(O)c(CO)c2)C2CC(OC(=O)C(O)(c3cccs3)c3cccs3)CC1C1OC12. The number of aliphatic hydroxyl groups excluding tert-OH is 2. The largest absolute Gasteiger partial charge is 0.508 e. The molecule has 5 heterocycles. The lowest BCUT2D eigenvalue weighted by Gasteiger charge is -2.48. The van der Waals surface area contributed by atoms with Gasteiger partial charge < -0.3 is 39.7 Å². The van der Waals surface area contributed by atoms with Crippen LogP contribution in [0.15, 0.2) is 53.2 Å². The molecule has 256 valence electrons. The van der Waals surface area contributed by atoms with Gasteiger partial charge >= 0.3 is 5.97 Å². The van der Waals surface area contributed by atoms with Crippen molar-refractivity contribution < 1.29 is 39.2 Å². The summed E-state index contributed by atoms with van der Waals surface area (Å²) in [5.41, 5.74) is -0.656. The second-order valence-corrected chi connectivity index (χ2v) is 15.6. The highest BCUT2D eigenvalue weighted by molar-refractivity contribution is 7.12. The maximum Gasteiger partial charge on any atom is 0.349 e. The number of ether oxygens (including phenoxy) is 2. The fourth-order valence-corrected chi connectivity index (χ4v) is 9.61. The average molecular weight is 686 g/mol.